The molecule has 5 nitrogen and oxygen atoms in total. The molecule has 0 aromatic heterocycles. The molecule has 1 saturated carbocycles. The van der Waals surface area contributed by atoms with E-state index in [0.717, 1.165) is 24.8 Å². The fourth-order valence-electron chi connectivity index (χ4n) is 4.13. The zero-order chi connectivity index (χ0) is 18.2. The average Bonchev–Trinajstić information content (AvgIpc) is 3.14. The topological polar surface area (TPSA) is 58.6 Å². The number of esters is 1. The molecule has 1 heterocycles. The number of carbonyl (C=O) groups is 2. The Morgan fingerprint density at radius 3 is 2.56 bits per heavy atom. The second-order valence-electron chi connectivity index (χ2n) is 8.36. The van der Waals surface area contributed by atoms with Crippen molar-refractivity contribution in [3.63, 3.8) is 0 Å². The first kappa shape index (κ1) is 17.9. The average molecular weight is 344 g/mol. The molecule has 1 N–H and O–H groups in total. The standard InChI is InChI=1S/C20H28N2O3/c1-19(2,3)16-9-10-20(11-16)21-12-17(23)22(20)13-14-5-7-15(8-6-14)18(24)25-4/h5-8,16,21H,9-13H2,1-4H3. The summed E-state index contributed by atoms with van der Waals surface area (Å²) in [5.41, 5.74) is 1.60. The minimum absolute atomic E-state index is 0.159. The highest BCUT2D eigenvalue weighted by Crippen LogP contribution is 2.47. The van der Waals surface area contributed by atoms with Crippen LogP contribution in [0, 0.1) is 11.3 Å². The number of hydrogen-bond acceptors (Lipinski definition) is 4. The molecule has 1 spiro atoms. The van der Waals surface area contributed by atoms with E-state index >= 15 is 0 Å². The first-order chi connectivity index (χ1) is 11.7. The van der Waals surface area contributed by atoms with Crippen molar-refractivity contribution in [2.24, 2.45) is 11.3 Å². The number of methoxy groups -OCH3 is 1. The second kappa shape index (κ2) is 6.45. The second-order valence-corrected chi connectivity index (χ2v) is 8.36. The van der Waals surface area contributed by atoms with E-state index in [4.69, 9.17) is 4.74 Å². The number of rotatable bonds is 3. The van der Waals surface area contributed by atoms with Crippen molar-refractivity contribution in [2.45, 2.75) is 52.2 Å². The summed E-state index contributed by atoms with van der Waals surface area (Å²) in [6, 6.07) is 7.33. The molecule has 1 aliphatic heterocycles. The third kappa shape index (κ3) is 3.43. The molecular formula is C20H28N2O3. The van der Waals surface area contributed by atoms with Gasteiger partial charge in [-0.1, -0.05) is 32.9 Å². The first-order valence-corrected chi connectivity index (χ1v) is 8.98. The maximum atomic E-state index is 12.5. The Labute approximate surface area is 149 Å². The van der Waals surface area contributed by atoms with Crippen LogP contribution in [0.4, 0.5) is 0 Å². The smallest absolute Gasteiger partial charge is 0.337 e. The van der Waals surface area contributed by atoms with Gasteiger partial charge < -0.3 is 9.64 Å². The molecular weight excluding hydrogens is 316 g/mol. The van der Waals surface area contributed by atoms with Gasteiger partial charge in [0.1, 0.15) is 0 Å². The minimum atomic E-state index is -0.342. The van der Waals surface area contributed by atoms with Crippen LogP contribution < -0.4 is 5.32 Å². The zero-order valence-corrected chi connectivity index (χ0v) is 15.6. The van der Waals surface area contributed by atoms with E-state index in [1.54, 1.807) is 12.1 Å². The van der Waals surface area contributed by atoms with E-state index in [-0.39, 0.29) is 23.0 Å². The molecule has 1 saturated heterocycles. The maximum absolute atomic E-state index is 12.5. The Balaban J connectivity index is 1.76. The fourth-order valence-corrected chi connectivity index (χ4v) is 4.13. The lowest BCUT2D eigenvalue weighted by molar-refractivity contribution is -0.131. The van der Waals surface area contributed by atoms with Gasteiger partial charge in [0.25, 0.3) is 0 Å². The summed E-state index contributed by atoms with van der Waals surface area (Å²) in [4.78, 5) is 26.1. The van der Waals surface area contributed by atoms with E-state index in [9.17, 15) is 9.59 Å². The van der Waals surface area contributed by atoms with E-state index in [2.05, 4.69) is 26.1 Å². The predicted molar refractivity (Wildman–Crippen MR) is 95.9 cm³/mol. The summed E-state index contributed by atoms with van der Waals surface area (Å²) >= 11 is 0. The summed E-state index contributed by atoms with van der Waals surface area (Å²) in [6.45, 7) is 7.83. The van der Waals surface area contributed by atoms with Gasteiger partial charge in [-0.15, -0.1) is 0 Å². The van der Waals surface area contributed by atoms with Gasteiger partial charge >= 0.3 is 5.97 Å². The van der Waals surface area contributed by atoms with Gasteiger partial charge in [-0.3, -0.25) is 10.1 Å². The van der Waals surface area contributed by atoms with Crippen molar-refractivity contribution in [3.05, 3.63) is 35.4 Å². The van der Waals surface area contributed by atoms with Crippen LogP contribution in [0.5, 0.6) is 0 Å². The molecule has 2 unspecified atom stereocenters. The van der Waals surface area contributed by atoms with Gasteiger partial charge in [-0.05, 0) is 48.3 Å². The third-order valence-corrected chi connectivity index (χ3v) is 5.82. The molecule has 1 amide bonds. The van der Waals surface area contributed by atoms with Crippen LogP contribution >= 0.6 is 0 Å². The lowest BCUT2D eigenvalue weighted by Crippen LogP contribution is -2.50. The Kier molecular flexibility index (Phi) is 4.62. The zero-order valence-electron chi connectivity index (χ0n) is 15.6. The highest BCUT2D eigenvalue weighted by atomic mass is 16.5. The highest BCUT2D eigenvalue weighted by molar-refractivity contribution is 5.89. The number of carbonyl (C=O) groups excluding carboxylic acids is 2. The molecule has 1 aromatic carbocycles. The fraction of sp³-hybridized carbons (Fsp3) is 0.600. The van der Waals surface area contributed by atoms with Crippen molar-refractivity contribution >= 4 is 11.9 Å². The largest absolute Gasteiger partial charge is 0.465 e. The summed E-state index contributed by atoms with van der Waals surface area (Å²) in [5, 5.41) is 3.50. The molecule has 2 atom stereocenters. The molecule has 2 aliphatic rings. The predicted octanol–water partition coefficient (Wildman–Crippen LogP) is 2.95. The van der Waals surface area contributed by atoms with Crippen LogP contribution in [0.1, 0.15) is 56.0 Å². The number of amides is 1. The van der Waals surface area contributed by atoms with E-state index in [0.29, 0.717) is 24.6 Å². The van der Waals surface area contributed by atoms with Gasteiger partial charge in [0.2, 0.25) is 5.91 Å². The van der Waals surface area contributed by atoms with Crippen LogP contribution in [-0.4, -0.2) is 36.1 Å². The quantitative estimate of drug-likeness (QED) is 0.857. The number of hydrogen-bond donors (Lipinski definition) is 1. The molecule has 1 aromatic rings. The van der Waals surface area contributed by atoms with Crippen molar-refractivity contribution in [2.75, 3.05) is 13.7 Å². The maximum Gasteiger partial charge on any atom is 0.337 e. The van der Waals surface area contributed by atoms with Gasteiger partial charge in [0.05, 0.1) is 24.9 Å². The van der Waals surface area contributed by atoms with Crippen LogP contribution in [0.3, 0.4) is 0 Å². The Morgan fingerprint density at radius 2 is 2.00 bits per heavy atom. The van der Waals surface area contributed by atoms with Crippen molar-refractivity contribution in [1.82, 2.24) is 10.2 Å². The van der Waals surface area contributed by atoms with Gasteiger partial charge in [-0.2, -0.15) is 0 Å². The summed E-state index contributed by atoms with van der Waals surface area (Å²) in [7, 11) is 1.38. The number of ether oxygens (including phenoxy) is 1. The molecule has 3 rings (SSSR count). The SMILES string of the molecule is COC(=O)c1ccc(CN2C(=O)CNC23CCC(C(C)(C)C)C3)cc1. The van der Waals surface area contributed by atoms with Crippen molar-refractivity contribution < 1.29 is 14.3 Å². The van der Waals surface area contributed by atoms with Gasteiger partial charge in [-0.25, -0.2) is 4.79 Å². The molecule has 1 aliphatic carbocycles. The monoisotopic (exact) mass is 344 g/mol. The lowest BCUT2D eigenvalue weighted by Gasteiger charge is -2.37. The van der Waals surface area contributed by atoms with Crippen molar-refractivity contribution in [3.8, 4) is 0 Å². The molecule has 2 fully saturated rings. The summed E-state index contributed by atoms with van der Waals surface area (Å²) in [5.74, 6) is 0.424. The van der Waals surface area contributed by atoms with Crippen molar-refractivity contribution in [1.29, 1.82) is 0 Å². The summed E-state index contributed by atoms with van der Waals surface area (Å²) < 4.78 is 4.73. The van der Waals surface area contributed by atoms with E-state index in [1.165, 1.54) is 7.11 Å². The first-order valence-electron chi connectivity index (χ1n) is 8.98. The normalized spacial score (nSPS) is 26.5. The minimum Gasteiger partial charge on any atom is -0.465 e. The van der Waals surface area contributed by atoms with Gasteiger partial charge in [0.15, 0.2) is 0 Å². The third-order valence-electron chi connectivity index (χ3n) is 5.82. The van der Waals surface area contributed by atoms with Crippen LogP contribution in [-0.2, 0) is 16.1 Å². The molecule has 25 heavy (non-hydrogen) atoms. The summed E-state index contributed by atoms with van der Waals surface area (Å²) in [6.07, 6.45) is 3.14. The molecule has 136 valence electrons. The number of benzene rings is 1. The van der Waals surface area contributed by atoms with Gasteiger partial charge in [0, 0.05) is 6.54 Å². The lowest BCUT2D eigenvalue weighted by atomic mass is 9.79. The van der Waals surface area contributed by atoms with E-state index < -0.39 is 0 Å². The molecule has 0 radical (unpaired) electrons. The molecule has 0 bridgehead atoms. The Bertz CT molecular complexity index is 663. The van der Waals surface area contributed by atoms with Crippen LogP contribution in [0.25, 0.3) is 0 Å². The number of nitrogens with zero attached hydrogens (tertiary/aromatic N) is 1. The van der Waals surface area contributed by atoms with E-state index in [1.807, 2.05) is 17.0 Å². The van der Waals surface area contributed by atoms with Crippen LogP contribution in [0.2, 0.25) is 0 Å². The van der Waals surface area contributed by atoms with Crippen LogP contribution in [0.15, 0.2) is 24.3 Å². The Hall–Kier alpha value is -1.88. The number of nitrogens with one attached hydrogen (secondary N) is 1. The highest BCUT2D eigenvalue weighted by Gasteiger charge is 2.51. The molecule has 5 heteroatoms. The Morgan fingerprint density at radius 1 is 1.32 bits per heavy atom.